The lowest BCUT2D eigenvalue weighted by molar-refractivity contribution is -0.152. The molecule has 0 unspecified atom stereocenters. The highest BCUT2D eigenvalue weighted by atomic mass is 19.1. The molecule has 3 fully saturated rings. The Morgan fingerprint density at radius 3 is 2.81 bits per heavy atom. The number of methoxy groups -OCH3 is 1. The van der Waals surface area contributed by atoms with Gasteiger partial charge in [-0.05, 0) is 68.2 Å². The van der Waals surface area contributed by atoms with E-state index in [9.17, 15) is 9.18 Å². The van der Waals surface area contributed by atoms with Gasteiger partial charge in [0, 0.05) is 43.7 Å². The molecular weight excluding hydrogens is 403 g/mol. The summed E-state index contributed by atoms with van der Waals surface area (Å²) in [7, 11) is 1.69. The number of hydrogen-bond donors (Lipinski definition) is 0. The van der Waals surface area contributed by atoms with Crippen LogP contribution in [0.25, 0.3) is 0 Å². The van der Waals surface area contributed by atoms with Crippen LogP contribution in [0.15, 0.2) is 42.5 Å². The number of nitrogens with zero attached hydrogens (tertiary/aromatic N) is 2. The summed E-state index contributed by atoms with van der Waals surface area (Å²) < 4.78 is 19.9. The van der Waals surface area contributed by atoms with E-state index in [2.05, 4.69) is 21.9 Å². The number of ether oxygens (including phenoxy) is 1. The van der Waals surface area contributed by atoms with Gasteiger partial charge in [-0.1, -0.05) is 29.8 Å². The van der Waals surface area contributed by atoms with E-state index in [0.29, 0.717) is 36.8 Å². The third kappa shape index (κ3) is 4.15. The monoisotopic (exact) mass is 436 g/mol. The molecule has 3 aliphatic heterocycles. The summed E-state index contributed by atoms with van der Waals surface area (Å²) in [5.41, 5.74) is 3.09. The van der Waals surface area contributed by atoms with Crippen LogP contribution in [0, 0.1) is 24.6 Å². The van der Waals surface area contributed by atoms with Gasteiger partial charge in [0.25, 0.3) is 0 Å². The number of hydrogen-bond acceptors (Lipinski definition) is 3. The van der Waals surface area contributed by atoms with Crippen molar-refractivity contribution in [3.63, 3.8) is 0 Å². The number of carbonyl (C=O) groups is 1. The van der Waals surface area contributed by atoms with Crippen molar-refractivity contribution in [1.29, 1.82) is 0 Å². The fraction of sp³-hybridized carbons (Fsp3) is 0.519. The fourth-order valence-corrected chi connectivity index (χ4v) is 6.37. The Bertz CT molecular complexity index is 993. The van der Waals surface area contributed by atoms with E-state index < -0.39 is 0 Å². The van der Waals surface area contributed by atoms with Crippen LogP contribution < -0.4 is 4.74 Å². The Hall–Kier alpha value is -2.40. The van der Waals surface area contributed by atoms with Crippen molar-refractivity contribution in [2.45, 2.75) is 57.7 Å². The minimum absolute atomic E-state index is 0.117. The van der Waals surface area contributed by atoms with E-state index in [1.807, 2.05) is 31.2 Å². The zero-order chi connectivity index (χ0) is 22.2. The lowest BCUT2D eigenvalue weighted by Gasteiger charge is -2.57. The van der Waals surface area contributed by atoms with Crippen LogP contribution in [-0.4, -0.2) is 48.0 Å². The molecule has 0 radical (unpaired) electrons. The van der Waals surface area contributed by atoms with Crippen LogP contribution in [0.3, 0.4) is 0 Å². The molecule has 2 aromatic carbocycles. The molecule has 3 saturated heterocycles. The molecule has 4 atom stereocenters. The maximum atomic E-state index is 14.5. The molecule has 0 saturated carbocycles. The number of piperidine rings is 3. The van der Waals surface area contributed by atoms with Gasteiger partial charge >= 0.3 is 0 Å². The summed E-state index contributed by atoms with van der Waals surface area (Å²) in [6.07, 6.45) is 4.76. The van der Waals surface area contributed by atoms with Crippen molar-refractivity contribution in [3.8, 4) is 5.75 Å². The van der Waals surface area contributed by atoms with Crippen LogP contribution in [0.2, 0.25) is 0 Å². The Morgan fingerprint density at radius 1 is 1.12 bits per heavy atom. The molecule has 5 rings (SSSR count). The Balaban J connectivity index is 1.41. The standard InChI is InChI=1S/C27H33FN2O2/c1-18-9-10-24(28)20(11-18)15-29-16-21-14-22(17-29)26(30-25(21)7-4-8-27(30)31)13-19-5-3-6-23(12-19)32-2/h3,5-6,9-12,21-22,25-26H,4,7-8,13-17H2,1-2H3/t21-,22+,25+,26+/m1/s1. The molecule has 2 aromatic rings. The average Bonchev–Trinajstić information content (AvgIpc) is 2.79. The largest absolute Gasteiger partial charge is 0.497 e. The van der Waals surface area contributed by atoms with Crippen molar-refractivity contribution in [3.05, 3.63) is 65.0 Å². The highest BCUT2D eigenvalue weighted by Crippen LogP contribution is 2.43. The summed E-state index contributed by atoms with van der Waals surface area (Å²) in [5.74, 6) is 1.95. The van der Waals surface area contributed by atoms with Crippen molar-refractivity contribution < 1.29 is 13.9 Å². The molecule has 0 aromatic heterocycles. The smallest absolute Gasteiger partial charge is 0.223 e. The van der Waals surface area contributed by atoms with Crippen LogP contribution in [0.1, 0.15) is 42.4 Å². The minimum atomic E-state index is -0.117. The number of carbonyl (C=O) groups excluding carboxylic acids is 1. The third-order valence-electron chi connectivity index (χ3n) is 7.75. The van der Waals surface area contributed by atoms with E-state index in [4.69, 9.17) is 4.74 Å². The molecule has 5 heteroatoms. The number of likely N-dealkylation sites (tertiary alicyclic amines) is 1. The molecule has 32 heavy (non-hydrogen) atoms. The lowest BCUT2D eigenvalue weighted by Crippen LogP contribution is -2.65. The quantitative estimate of drug-likeness (QED) is 0.688. The first-order chi connectivity index (χ1) is 15.5. The minimum Gasteiger partial charge on any atom is -0.497 e. The molecule has 0 aliphatic carbocycles. The maximum Gasteiger partial charge on any atom is 0.223 e. The molecule has 3 heterocycles. The van der Waals surface area contributed by atoms with Gasteiger partial charge in [0.15, 0.2) is 0 Å². The first-order valence-electron chi connectivity index (χ1n) is 11.9. The summed E-state index contributed by atoms with van der Waals surface area (Å²) in [5, 5.41) is 0. The topological polar surface area (TPSA) is 32.8 Å². The average molecular weight is 437 g/mol. The van der Waals surface area contributed by atoms with E-state index in [1.54, 1.807) is 13.2 Å². The van der Waals surface area contributed by atoms with Gasteiger partial charge in [0.05, 0.1) is 7.11 Å². The Labute approximate surface area is 190 Å². The van der Waals surface area contributed by atoms with Gasteiger partial charge in [0.2, 0.25) is 5.91 Å². The van der Waals surface area contributed by atoms with E-state index in [1.165, 1.54) is 5.56 Å². The summed E-state index contributed by atoms with van der Waals surface area (Å²) in [4.78, 5) is 17.8. The van der Waals surface area contributed by atoms with Gasteiger partial charge < -0.3 is 9.64 Å². The van der Waals surface area contributed by atoms with Crippen molar-refractivity contribution in [2.24, 2.45) is 11.8 Å². The fourth-order valence-electron chi connectivity index (χ4n) is 6.37. The molecule has 3 aliphatic rings. The molecule has 2 bridgehead atoms. The molecule has 0 N–H and O–H groups in total. The number of aryl methyl sites for hydroxylation is 1. The lowest BCUT2D eigenvalue weighted by atomic mass is 9.70. The molecule has 1 amide bonds. The zero-order valence-electron chi connectivity index (χ0n) is 19.1. The second-order valence-corrected chi connectivity index (χ2v) is 9.93. The first-order valence-corrected chi connectivity index (χ1v) is 11.9. The molecule has 0 spiro atoms. The first kappa shape index (κ1) is 21.4. The van der Waals surface area contributed by atoms with Gasteiger partial charge in [0.1, 0.15) is 11.6 Å². The number of amides is 1. The highest BCUT2D eigenvalue weighted by molar-refractivity contribution is 5.78. The molecule has 170 valence electrons. The SMILES string of the molecule is COc1cccc(C[C@H]2[C@H]3C[C@H](CN(Cc4cc(C)ccc4F)C3)[C@@H]3CCCC(=O)N32)c1. The van der Waals surface area contributed by atoms with E-state index in [0.717, 1.165) is 55.6 Å². The third-order valence-corrected chi connectivity index (χ3v) is 7.75. The predicted octanol–water partition coefficient (Wildman–Crippen LogP) is 4.59. The number of benzene rings is 2. The normalized spacial score (nSPS) is 27.8. The van der Waals surface area contributed by atoms with Crippen molar-refractivity contribution in [1.82, 2.24) is 9.80 Å². The Morgan fingerprint density at radius 2 is 1.97 bits per heavy atom. The second kappa shape index (κ2) is 8.86. The summed E-state index contributed by atoms with van der Waals surface area (Å²) in [6, 6.07) is 14.1. The number of halogens is 1. The summed E-state index contributed by atoms with van der Waals surface area (Å²) in [6.45, 7) is 4.52. The van der Waals surface area contributed by atoms with Crippen LogP contribution in [0.4, 0.5) is 4.39 Å². The number of fused-ring (bicyclic) bond motifs is 4. The van der Waals surface area contributed by atoms with Gasteiger partial charge in [-0.15, -0.1) is 0 Å². The predicted molar refractivity (Wildman–Crippen MR) is 123 cm³/mol. The zero-order valence-corrected chi connectivity index (χ0v) is 19.1. The summed E-state index contributed by atoms with van der Waals surface area (Å²) >= 11 is 0. The molecule has 4 nitrogen and oxygen atoms in total. The maximum absolute atomic E-state index is 14.5. The Kier molecular flexibility index (Phi) is 5.93. The van der Waals surface area contributed by atoms with E-state index >= 15 is 0 Å². The van der Waals surface area contributed by atoms with Crippen LogP contribution in [0.5, 0.6) is 5.75 Å². The van der Waals surface area contributed by atoms with Crippen LogP contribution >= 0.6 is 0 Å². The number of rotatable bonds is 5. The van der Waals surface area contributed by atoms with Gasteiger partial charge in [-0.2, -0.15) is 0 Å². The van der Waals surface area contributed by atoms with E-state index in [-0.39, 0.29) is 11.9 Å². The second-order valence-electron chi connectivity index (χ2n) is 9.93. The van der Waals surface area contributed by atoms with Gasteiger partial charge in [-0.3, -0.25) is 9.69 Å². The molecular formula is C27H33FN2O2. The van der Waals surface area contributed by atoms with Gasteiger partial charge in [-0.25, -0.2) is 4.39 Å². The van der Waals surface area contributed by atoms with Crippen molar-refractivity contribution in [2.75, 3.05) is 20.2 Å². The van der Waals surface area contributed by atoms with Crippen LogP contribution in [-0.2, 0) is 17.8 Å². The highest BCUT2D eigenvalue weighted by Gasteiger charge is 2.49. The van der Waals surface area contributed by atoms with Crippen molar-refractivity contribution >= 4 is 5.91 Å².